The summed E-state index contributed by atoms with van der Waals surface area (Å²) in [6, 6.07) is 9.99. The van der Waals surface area contributed by atoms with Crippen LogP contribution in [0.3, 0.4) is 0 Å². The van der Waals surface area contributed by atoms with Crippen molar-refractivity contribution in [1.29, 1.82) is 0 Å². The first-order valence-electron chi connectivity index (χ1n) is 6.06. The number of carboxylic acid groups (broad SMARTS) is 1. The molecule has 0 saturated heterocycles. The first-order valence-corrected chi connectivity index (χ1v) is 6.06. The first kappa shape index (κ1) is 23.6. The molecular formula is C15H18NNaO6. The van der Waals surface area contributed by atoms with Crippen LogP contribution in [0.5, 0.6) is 5.75 Å². The standard InChI is InChI=1S/C15H15NO4.Na.2H2O/c1-16-11(9-14(17)18)5-8-13(16)15(19)10-3-6-12(20-2)7-4-10;;;/h3-8H,9H2,1-2H3,(H,17,18);;2*1H2/q;+1;;/p-1. The summed E-state index contributed by atoms with van der Waals surface area (Å²) >= 11 is 0. The van der Waals surface area contributed by atoms with E-state index < -0.39 is 5.97 Å². The van der Waals surface area contributed by atoms with Gasteiger partial charge in [0.25, 0.3) is 0 Å². The van der Waals surface area contributed by atoms with Crippen molar-refractivity contribution in [2.75, 3.05) is 7.11 Å². The van der Waals surface area contributed by atoms with Gasteiger partial charge in [-0.3, -0.25) is 4.79 Å². The van der Waals surface area contributed by atoms with Gasteiger partial charge in [0, 0.05) is 30.7 Å². The number of hydrogen-bond acceptors (Lipinski definition) is 4. The molecule has 2 aromatic rings. The van der Waals surface area contributed by atoms with E-state index in [1.807, 2.05) is 0 Å². The van der Waals surface area contributed by atoms with Gasteiger partial charge in [0.05, 0.1) is 12.8 Å². The molecule has 23 heavy (non-hydrogen) atoms. The number of ketones is 1. The van der Waals surface area contributed by atoms with Crippen LogP contribution in [0.15, 0.2) is 36.4 Å². The van der Waals surface area contributed by atoms with Crippen molar-refractivity contribution >= 4 is 11.8 Å². The molecule has 0 fully saturated rings. The maximum atomic E-state index is 12.3. The van der Waals surface area contributed by atoms with Gasteiger partial charge in [-0.2, -0.15) is 0 Å². The van der Waals surface area contributed by atoms with Gasteiger partial charge in [-0.15, -0.1) is 0 Å². The number of nitrogens with zero attached hydrogens (tertiary/aromatic N) is 1. The Morgan fingerprint density at radius 3 is 2.13 bits per heavy atom. The van der Waals surface area contributed by atoms with Gasteiger partial charge in [0.2, 0.25) is 5.78 Å². The van der Waals surface area contributed by atoms with E-state index >= 15 is 0 Å². The number of carbonyl (C=O) groups excluding carboxylic acids is 2. The van der Waals surface area contributed by atoms with Crippen LogP contribution >= 0.6 is 0 Å². The number of rotatable bonds is 5. The van der Waals surface area contributed by atoms with Crippen molar-refractivity contribution < 1.29 is 59.9 Å². The molecule has 1 aromatic carbocycles. The first-order chi connectivity index (χ1) is 9.52. The third-order valence-corrected chi connectivity index (χ3v) is 3.14. The van der Waals surface area contributed by atoms with E-state index in [9.17, 15) is 14.7 Å². The predicted octanol–water partition coefficient (Wildman–Crippen LogP) is -4.09. The second-order valence-electron chi connectivity index (χ2n) is 4.38. The Balaban J connectivity index is 0. The average Bonchev–Trinajstić information content (AvgIpc) is 2.79. The molecule has 0 radical (unpaired) electrons. The minimum atomic E-state index is -1.17. The number of carbonyl (C=O) groups is 2. The molecule has 1 heterocycles. The number of methoxy groups -OCH3 is 1. The van der Waals surface area contributed by atoms with E-state index in [0.29, 0.717) is 22.7 Å². The van der Waals surface area contributed by atoms with Crippen LogP contribution in [0.4, 0.5) is 0 Å². The van der Waals surface area contributed by atoms with E-state index in [2.05, 4.69) is 0 Å². The smallest absolute Gasteiger partial charge is 0.550 e. The number of carboxylic acids is 1. The summed E-state index contributed by atoms with van der Waals surface area (Å²) in [7, 11) is 3.22. The predicted molar refractivity (Wildman–Crippen MR) is 77.8 cm³/mol. The van der Waals surface area contributed by atoms with E-state index in [1.54, 1.807) is 55.1 Å². The van der Waals surface area contributed by atoms with Gasteiger partial charge >= 0.3 is 29.6 Å². The molecular weight excluding hydrogens is 313 g/mol. The fourth-order valence-electron chi connectivity index (χ4n) is 2.00. The fraction of sp³-hybridized carbons (Fsp3) is 0.200. The summed E-state index contributed by atoms with van der Waals surface area (Å²) in [6.07, 6.45) is -0.216. The monoisotopic (exact) mass is 331 g/mol. The summed E-state index contributed by atoms with van der Waals surface area (Å²) < 4.78 is 6.61. The summed E-state index contributed by atoms with van der Waals surface area (Å²) in [5.74, 6) is -0.666. The van der Waals surface area contributed by atoms with Gasteiger partial charge in [-0.05, 0) is 36.4 Å². The number of aromatic nitrogens is 1. The third-order valence-electron chi connectivity index (χ3n) is 3.14. The van der Waals surface area contributed by atoms with Crippen LogP contribution in [-0.2, 0) is 18.3 Å². The van der Waals surface area contributed by atoms with Crippen LogP contribution in [0.2, 0.25) is 0 Å². The third kappa shape index (κ3) is 5.49. The number of hydrogen-bond donors (Lipinski definition) is 0. The van der Waals surface area contributed by atoms with Crippen LogP contribution in [0, 0.1) is 0 Å². The van der Waals surface area contributed by atoms with Crippen molar-refractivity contribution in [2.45, 2.75) is 6.42 Å². The normalized spacial score (nSPS) is 8.96. The Morgan fingerprint density at radius 1 is 1.09 bits per heavy atom. The Bertz CT molecular complexity index is 650. The van der Waals surface area contributed by atoms with Crippen LogP contribution in [-0.4, -0.2) is 34.4 Å². The molecule has 0 spiro atoms. The van der Waals surface area contributed by atoms with Crippen molar-refractivity contribution in [3.8, 4) is 5.75 Å². The average molecular weight is 331 g/mol. The van der Waals surface area contributed by atoms with E-state index in [-0.39, 0.29) is 52.7 Å². The second-order valence-corrected chi connectivity index (χ2v) is 4.38. The molecule has 7 nitrogen and oxygen atoms in total. The number of ether oxygens (including phenoxy) is 1. The van der Waals surface area contributed by atoms with Gasteiger partial charge in [-0.25, -0.2) is 0 Å². The van der Waals surface area contributed by atoms with Gasteiger partial charge in [0.1, 0.15) is 5.75 Å². The van der Waals surface area contributed by atoms with E-state index in [0.717, 1.165) is 0 Å². The maximum Gasteiger partial charge on any atom is 1.00 e. The van der Waals surface area contributed by atoms with Gasteiger partial charge < -0.3 is 30.2 Å². The molecule has 0 aliphatic heterocycles. The largest absolute Gasteiger partial charge is 1.00 e. The van der Waals surface area contributed by atoms with Crippen molar-refractivity contribution in [2.24, 2.45) is 7.05 Å². The Kier molecular flexibility index (Phi) is 10.5. The zero-order valence-corrected chi connectivity index (χ0v) is 15.3. The molecule has 0 saturated carbocycles. The molecule has 2 rings (SSSR count). The molecule has 0 bridgehead atoms. The molecule has 0 aliphatic rings. The molecule has 8 heteroatoms. The van der Waals surface area contributed by atoms with Crippen molar-refractivity contribution in [3.05, 3.63) is 53.3 Å². The topological polar surface area (TPSA) is 134 Å². The Morgan fingerprint density at radius 2 is 1.65 bits per heavy atom. The summed E-state index contributed by atoms with van der Waals surface area (Å²) in [4.78, 5) is 23.0. The maximum absolute atomic E-state index is 12.3. The number of benzene rings is 1. The summed E-state index contributed by atoms with van der Waals surface area (Å²) in [5.41, 5.74) is 1.49. The number of aliphatic carboxylic acids is 1. The quantitative estimate of drug-likeness (QED) is 0.406. The zero-order valence-electron chi connectivity index (χ0n) is 13.3. The van der Waals surface area contributed by atoms with Crippen molar-refractivity contribution in [3.63, 3.8) is 0 Å². The molecule has 4 N–H and O–H groups in total. The zero-order chi connectivity index (χ0) is 14.7. The van der Waals surface area contributed by atoms with Crippen molar-refractivity contribution in [1.82, 2.24) is 4.57 Å². The fourth-order valence-corrected chi connectivity index (χ4v) is 2.00. The SMILES string of the molecule is COc1ccc(C(=O)c2ccc(CC(=O)[O-])n2C)cc1.O.O.[Na+]. The van der Waals surface area contributed by atoms with Gasteiger partial charge in [-0.1, -0.05) is 0 Å². The summed E-state index contributed by atoms with van der Waals surface area (Å²) in [6.45, 7) is 0. The molecule has 120 valence electrons. The minimum Gasteiger partial charge on any atom is -0.550 e. The summed E-state index contributed by atoms with van der Waals surface area (Å²) in [5, 5.41) is 10.6. The second kappa shape index (κ2) is 10.2. The minimum absolute atomic E-state index is 0. The van der Waals surface area contributed by atoms with Gasteiger partial charge in [0.15, 0.2) is 0 Å². The molecule has 0 atom stereocenters. The molecule has 0 aliphatic carbocycles. The molecule has 0 amide bonds. The van der Waals surface area contributed by atoms with E-state index in [4.69, 9.17) is 4.74 Å². The Labute approximate surface area is 155 Å². The Hall–Kier alpha value is -1.64. The molecule has 1 aromatic heterocycles. The van der Waals surface area contributed by atoms with Crippen LogP contribution in [0.1, 0.15) is 21.7 Å². The van der Waals surface area contributed by atoms with E-state index in [1.165, 1.54) is 0 Å². The van der Waals surface area contributed by atoms with Crippen LogP contribution < -0.4 is 39.4 Å². The van der Waals surface area contributed by atoms with Crippen LogP contribution in [0.25, 0.3) is 0 Å². The molecule has 0 unspecified atom stereocenters.